The molecule has 5 nitrogen and oxygen atoms in total. The third kappa shape index (κ3) is 2.09. The number of carbonyl (C=O) groups is 2. The number of benzene rings is 1. The van der Waals surface area contributed by atoms with Crippen LogP contribution >= 0.6 is 0 Å². The van der Waals surface area contributed by atoms with Crippen LogP contribution < -0.4 is 16.0 Å². The first-order chi connectivity index (χ1) is 8.72. The van der Waals surface area contributed by atoms with Gasteiger partial charge in [0.2, 0.25) is 11.8 Å². The fourth-order valence-electron chi connectivity index (χ4n) is 2.44. The van der Waals surface area contributed by atoms with Crippen LogP contribution in [0.3, 0.4) is 0 Å². The van der Waals surface area contributed by atoms with Crippen LogP contribution in [0.4, 0.5) is 11.4 Å². The molecule has 0 radical (unpaired) electrons. The number of anilines is 2. The minimum atomic E-state index is -0.0852. The molecular formula is C13H15N3O2. The van der Waals surface area contributed by atoms with E-state index in [1.165, 1.54) is 0 Å². The maximum absolute atomic E-state index is 11.9. The molecule has 1 aromatic rings. The van der Waals surface area contributed by atoms with Crippen molar-refractivity contribution in [2.75, 3.05) is 17.2 Å². The topological polar surface area (TPSA) is 70.2 Å². The van der Waals surface area contributed by atoms with Gasteiger partial charge in [0.15, 0.2) is 0 Å². The summed E-state index contributed by atoms with van der Waals surface area (Å²) in [7, 11) is 0. The number of rotatable bonds is 2. The van der Waals surface area contributed by atoms with E-state index < -0.39 is 0 Å². The second-order valence-electron chi connectivity index (χ2n) is 4.74. The second-order valence-corrected chi connectivity index (χ2v) is 4.74. The zero-order valence-electron chi connectivity index (χ0n) is 9.95. The molecule has 18 heavy (non-hydrogen) atoms. The van der Waals surface area contributed by atoms with E-state index in [0.717, 1.165) is 36.3 Å². The van der Waals surface area contributed by atoms with E-state index >= 15 is 0 Å². The highest BCUT2D eigenvalue weighted by atomic mass is 16.2. The van der Waals surface area contributed by atoms with Gasteiger partial charge in [0, 0.05) is 11.4 Å². The maximum Gasteiger partial charge on any atom is 0.241 e. The van der Waals surface area contributed by atoms with Gasteiger partial charge in [-0.1, -0.05) is 0 Å². The lowest BCUT2D eigenvalue weighted by molar-refractivity contribution is -0.118. The Morgan fingerprint density at radius 1 is 1.39 bits per heavy atom. The first kappa shape index (κ1) is 11.2. The highest BCUT2D eigenvalue weighted by molar-refractivity contribution is 6.00. The molecule has 3 N–H and O–H groups in total. The molecule has 0 spiro atoms. The lowest BCUT2D eigenvalue weighted by Gasteiger charge is -2.11. The number of hydrogen-bond donors (Lipinski definition) is 3. The van der Waals surface area contributed by atoms with Crippen molar-refractivity contribution in [3.63, 3.8) is 0 Å². The highest BCUT2D eigenvalue weighted by Gasteiger charge is 2.23. The predicted octanol–water partition coefficient (Wildman–Crippen LogP) is 0.872. The number of fused-ring (bicyclic) bond motifs is 1. The summed E-state index contributed by atoms with van der Waals surface area (Å²) in [5, 5.41) is 8.81. The third-order valence-electron chi connectivity index (χ3n) is 3.37. The zero-order chi connectivity index (χ0) is 12.5. The molecule has 2 amide bonds. The number of carbonyl (C=O) groups excluding carboxylic acids is 2. The van der Waals surface area contributed by atoms with Gasteiger partial charge < -0.3 is 16.0 Å². The Kier molecular flexibility index (Phi) is 2.76. The first-order valence-corrected chi connectivity index (χ1v) is 6.19. The molecule has 0 bridgehead atoms. The smallest absolute Gasteiger partial charge is 0.241 e. The van der Waals surface area contributed by atoms with Crippen LogP contribution in [0.1, 0.15) is 18.4 Å². The molecule has 94 valence electrons. The van der Waals surface area contributed by atoms with E-state index in [2.05, 4.69) is 16.0 Å². The summed E-state index contributed by atoms with van der Waals surface area (Å²) in [6.45, 7) is 0.903. The van der Waals surface area contributed by atoms with Crippen molar-refractivity contribution >= 4 is 23.2 Å². The number of amides is 2. The summed E-state index contributed by atoms with van der Waals surface area (Å²) in [5.41, 5.74) is 2.54. The monoisotopic (exact) mass is 245 g/mol. The van der Waals surface area contributed by atoms with Gasteiger partial charge >= 0.3 is 0 Å². The predicted molar refractivity (Wildman–Crippen MR) is 68.4 cm³/mol. The van der Waals surface area contributed by atoms with Crippen molar-refractivity contribution in [1.82, 2.24) is 5.32 Å². The van der Waals surface area contributed by atoms with Gasteiger partial charge in [-0.05, 0) is 43.1 Å². The lowest BCUT2D eigenvalue weighted by Crippen LogP contribution is -2.35. The van der Waals surface area contributed by atoms with Crippen LogP contribution in [0.25, 0.3) is 0 Å². The second kappa shape index (κ2) is 4.42. The van der Waals surface area contributed by atoms with Gasteiger partial charge in [-0.2, -0.15) is 0 Å². The molecule has 1 fully saturated rings. The van der Waals surface area contributed by atoms with Crippen molar-refractivity contribution in [2.45, 2.75) is 25.3 Å². The molecule has 2 aliphatic rings. The lowest BCUT2D eigenvalue weighted by atomic mass is 10.1. The minimum Gasteiger partial charge on any atom is -0.326 e. The van der Waals surface area contributed by atoms with Crippen molar-refractivity contribution in [3.05, 3.63) is 23.8 Å². The quantitative estimate of drug-likeness (QED) is 0.724. The van der Waals surface area contributed by atoms with E-state index in [0.29, 0.717) is 6.42 Å². The van der Waals surface area contributed by atoms with Crippen molar-refractivity contribution in [2.24, 2.45) is 0 Å². The van der Waals surface area contributed by atoms with Gasteiger partial charge in [0.1, 0.15) is 0 Å². The fraction of sp³-hybridized carbons (Fsp3) is 0.385. The van der Waals surface area contributed by atoms with Crippen LogP contribution in [0.2, 0.25) is 0 Å². The summed E-state index contributed by atoms with van der Waals surface area (Å²) < 4.78 is 0. The normalized spacial score (nSPS) is 21.6. The Hall–Kier alpha value is -1.88. The average Bonchev–Trinajstić information content (AvgIpc) is 2.95. The minimum absolute atomic E-state index is 0.00438. The largest absolute Gasteiger partial charge is 0.326 e. The van der Waals surface area contributed by atoms with E-state index in [9.17, 15) is 9.59 Å². The Morgan fingerprint density at radius 2 is 2.28 bits per heavy atom. The SMILES string of the molecule is O=C1Cc2cc(NC(=O)[C@@H]3CCCN3)ccc2N1. The highest BCUT2D eigenvalue weighted by Crippen LogP contribution is 2.26. The molecule has 3 rings (SSSR count). The van der Waals surface area contributed by atoms with E-state index in [1.54, 1.807) is 0 Å². The van der Waals surface area contributed by atoms with E-state index in [1.807, 2.05) is 18.2 Å². The molecule has 2 heterocycles. The molecule has 5 heteroatoms. The number of hydrogen-bond acceptors (Lipinski definition) is 3. The van der Waals surface area contributed by atoms with Crippen molar-refractivity contribution in [1.29, 1.82) is 0 Å². The maximum atomic E-state index is 11.9. The van der Waals surface area contributed by atoms with Crippen LogP contribution in [0, 0.1) is 0 Å². The third-order valence-corrected chi connectivity index (χ3v) is 3.37. The summed E-state index contributed by atoms with van der Waals surface area (Å²) in [6, 6.07) is 5.42. The molecule has 0 saturated carbocycles. The molecule has 2 aliphatic heterocycles. The summed E-state index contributed by atoms with van der Waals surface area (Å²) in [4.78, 5) is 23.2. The zero-order valence-corrected chi connectivity index (χ0v) is 9.95. The number of nitrogens with one attached hydrogen (secondary N) is 3. The Morgan fingerprint density at radius 3 is 3.06 bits per heavy atom. The van der Waals surface area contributed by atoms with Crippen LogP contribution in [-0.2, 0) is 16.0 Å². The molecule has 1 saturated heterocycles. The van der Waals surface area contributed by atoms with Gasteiger partial charge in [-0.25, -0.2) is 0 Å². The van der Waals surface area contributed by atoms with Gasteiger partial charge in [0.25, 0.3) is 0 Å². The summed E-state index contributed by atoms with van der Waals surface area (Å²) >= 11 is 0. The Bertz CT molecular complexity index is 507. The van der Waals surface area contributed by atoms with E-state index in [4.69, 9.17) is 0 Å². The van der Waals surface area contributed by atoms with Crippen LogP contribution in [-0.4, -0.2) is 24.4 Å². The van der Waals surface area contributed by atoms with Gasteiger partial charge in [-0.3, -0.25) is 9.59 Å². The van der Waals surface area contributed by atoms with Crippen LogP contribution in [0.15, 0.2) is 18.2 Å². The van der Waals surface area contributed by atoms with Gasteiger partial charge in [-0.15, -0.1) is 0 Å². The molecule has 1 atom stereocenters. The molecule has 0 aromatic heterocycles. The standard InChI is InChI=1S/C13H15N3O2/c17-12-7-8-6-9(3-4-10(8)16-12)15-13(18)11-2-1-5-14-11/h3-4,6,11,14H,1-2,5,7H2,(H,15,18)(H,16,17)/t11-/m0/s1. The average molecular weight is 245 g/mol. The molecule has 0 aliphatic carbocycles. The Labute approximate surface area is 105 Å². The van der Waals surface area contributed by atoms with E-state index in [-0.39, 0.29) is 17.9 Å². The fourth-order valence-corrected chi connectivity index (χ4v) is 2.44. The first-order valence-electron chi connectivity index (χ1n) is 6.19. The van der Waals surface area contributed by atoms with Crippen LogP contribution in [0.5, 0.6) is 0 Å². The van der Waals surface area contributed by atoms with Gasteiger partial charge in [0.05, 0.1) is 12.5 Å². The van der Waals surface area contributed by atoms with Crippen molar-refractivity contribution < 1.29 is 9.59 Å². The molecule has 0 unspecified atom stereocenters. The summed E-state index contributed by atoms with van der Waals surface area (Å²) in [5.74, 6) is 0.00988. The molecular weight excluding hydrogens is 230 g/mol. The molecule has 1 aromatic carbocycles. The Balaban J connectivity index is 1.72. The van der Waals surface area contributed by atoms with Crippen molar-refractivity contribution in [3.8, 4) is 0 Å². The summed E-state index contributed by atoms with van der Waals surface area (Å²) in [6.07, 6.45) is 2.32.